The van der Waals surface area contributed by atoms with E-state index in [1.807, 2.05) is 19.9 Å². The van der Waals surface area contributed by atoms with Gasteiger partial charge in [-0.3, -0.25) is 14.3 Å². The van der Waals surface area contributed by atoms with Crippen molar-refractivity contribution in [2.45, 2.75) is 20.4 Å². The van der Waals surface area contributed by atoms with Crippen LogP contribution in [0.1, 0.15) is 11.4 Å². The molecule has 110 valence electrons. The first-order chi connectivity index (χ1) is 9.56. The van der Waals surface area contributed by atoms with E-state index >= 15 is 0 Å². The van der Waals surface area contributed by atoms with Crippen molar-refractivity contribution in [3.05, 3.63) is 17.5 Å². The predicted octanol–water partition coefficient (Wildman–Crippen LogP) is -0.952. The topological polar surface area (TPSA) is 79.3 Å². The van der Waals surface area contributed by atoms with Crippen molar-refractivity contribution in [3.8, 4) is 0 Å². The van der Waals surface area contributed by atoms with Crippen LogP contribution in [0.25, 0.3) is 0 Å². The van der Waals surface area contributed by atoms with Gasteiger partial charge in [-0.1, -0.05) is 0 Å². The Labute approximate surface area is 118 Å². The highest BCUT2D eigenvalue weighted by atomic mass is 16.2. The molecule has 0 radical (unpaired) electrons. The van der Waals surface area contributed by atoms with Crippen LogP contribution in [0.3, 0.4) is 0 Å². The van der Waals surface area contributed by atoms with Crippen molar-refractivity contribution in [3.63, 3.8) is 0 Å². The molecule has 7 nitrogen and oxygen atoms in total. The van der Waals surface area contributed by atoms with E-state index in [9.17, 15) is 9.59 Å². The summed E-state index contributed by atoms with van der Waals surface area (Å²) in [6, 6.07) is 1.92. The summed E-state index contributed by atoms with van der Waals surface area (Å²) in [5, 5.41) is 10.1. The Kier molecular flexibility index (Phi) is 4.73. The first kappa shape index (κ1) is 14.5. The molecule has 0 unspecified atom stereocenters. The summed E-state index contributed by atoms with van der Waals surface area (Å²) in [4.78, 5) is 25.5. The van der Waals surface area contributed by atoms with Crippen LogP contribution in [-0.2, 0) is 16.1 Å². The van der Waals surface area contributed by atoms with E-state index in [0.29, 0.717) is 13.1 Å². The van der Waals surface area contributed by atoms with Crippen molar-refractivity contribution in [2.75, 3.05) is 32.7 Å². The Bertz CT molecular complexity index is 491. The third-order valence-corrected chi connectivity index (χ3v) is 3.30. The van der Waals surface area contributed by atoms with E-state index < -0.39 is 0 Å². The molecule has 0 bridgehead atoms. The van der Waals surface area contributed by atoms with Gasteiger partial charge in [0.25, 0.3) is 0 Å². The fraction of sp³-hybridized carbons (Fsp3) is 0.615. The second-order valence-electron chi connectivity index (χ2n) is 4.99. The molecule has 20 heavy (non-hydrogen) atoms. The first-order valence-corrected chi connectivity index (χ1v) is 6.82. The lowest BCUT2D eigenvalue weighted by Gasteiger charge is -2.27. The Hall–Kier alpha value is -1.89. The van der Waals surface area contributed by atoms with Crippen molar-refractivity contribution in [1.82, 2.24) is 25.3 Å². The van der Waals surface area contributed by atoms with Gasteiger partial charge in [-0.25, -0.2) is 0 Å². The Balaban J connectivity index is 1.77. The zero-order valence-electron chi connectivity index (χ0n) is 12.0. The molecule has 0 atom stereocenters. The van der Waals surface area contributed by atoms with Crippen molar-refractivity contribution < 1.29 is 9.59 Å². The lowest BCUT2D eigenvalue weighted by Crippen LogP contribution is -2.49. The van der Waals surface area contributed by atoms with E-state index in [4.69, 9.17) is 0 Å². The molecule has 2 amide bonds. The van der Waals surface area contributed by atoms with Gasteiger partial charge in [0.15, 0.2) is 0 Å². The molecule has 7 heteroatoms. The maximum atomic E-state index is 11.9. The van der Waals surface area contributed by atoms with Gasteiger partial charge in [-0.05, 0) is 19.9 Å². The Morgan fingerprint density at radius 1 is 1.35 bits per heavy atom. The maximum Gasteiger partial charge on any atom is 0.242 e. The number of amides is 2. The third-order valence-electron chi connectivity index (χ3n) is 3.30. The average Bonchev–Trinajstić information content (AvgIpc) is 2.75. The van der Waals surface area contributed by atoms with Crippen LogP contribution in [-0.4, -0.2) is 59.2 Å². The molecule has 0 aromatic carbocycles. The predicted molar refractivity (Wildman–Crippen MR) is 74.2 cm³/mol. The number of rotatable bonds is 4. The summed E-state index contributed by atoms with van der Waals surface area (Å²) in [5.41, 5.74) is 1.82. The second kappa shape index (κ2) is 6.51. The minimum absolute atomic E-state index is 0.0341. The largest absolute Gasteiger partial charge is 0.345 e. The van der Waals surface area contributed by atoms with E-state index in [-0.39, 0.29) is 24.9 Å². The second-order valence-corrected chi connectivity index (χ2v) is 4.99. The molecule has 1 aromatic rings. The maximum absolute atomic E-state index is 11.9. The number of carbonyl (C=O) groups is 2. The molecule has 1 fully saturated rings. The minimum Gasteiger partial charge on any atom is -0.345 e. The van der Waals surface area contributed by atoms with Crippen LogP contribution >= 0.6 is 0 Å². The number of carbonyl (C=O) groups excluding carboxylic acids is 2. The average molecular weight is 279 g/mol. The van der Waals surface area contributed by atoms with Crippen molar-refractivity contribution in [1.29, 1.82) is 0 Å². The van der Waals surface area contributed by atoms with Crippen LogP contribution in [0, 0.1) is 13.8 Å². The standard InChI is InChI=1S/C13H21N5O2/c1-10-7-11(2)18(16-10)9-12(19)15-8-13(20)17-5-3-14-4-6-17/h7,14H,3-6,8-9H2,1-2H3,(H,15,19). The smallest absolute Gasteiger partial charge is 0.242 e. The fourth-order valence-electron chi connectivity index (χ4n) is 2.23. The first-order valence-electron chi connectivity index (χ1n) is 6.82. The van der Waals surface area contributed by atoms with Crippen LogP contribution in [0.4, 0.5) is 0 Å². The van der Waals surface area contributed by atoms with Crippen LogP contribution in [0.5, 0.6) is 0 Å². The lowest BCUT2D eigenvalue weighted by atomic mass is 10.3. The third kappa shape index (κ3) is 3.80. The molecule has 0 saturated carbocycles. The summed E-state index contributed by atoms with van der Waals surface area (Å²) in [7, 11) is 0. The lowest BCUT2D eigenvalue weighted by molar-refractivity contribution is -0.133. The molecule has 1 saturated heterocycles. The highest BCUT2D eigenvalue weighted by Gasteiger charge is 2.16. The van der Waals surface area contributed by atoms with Gasteiger partial charge in [-0.15, -0.1) is 0 Å². The van der Waals surface area contributed by atoms with Gasteiger partial charge in [0.2, 0.25) is 11.8 Å². The van der Waals surface area contributed by atoms with Gasteiger partial charge < -0.3 is 15.5 Å². The number of piperazine rings is 1. The monoisotopic (exact) mass is 279 g/mol. The number of nitrogens with one attached hydrogen (secondary N) is 2. The fourth-order valence-corrected chi connectivity index (χ4v) is 2.23. The normalized spacial score (nSPS) is 15.2. The SMILES string of the molecule is Cc1cc(C)n(CC(=O)NCC(=O)N2CCNCC2)n1. The molecular formula is C13H21N5O2. The van der Waals surface area contributed by atoms with E-state index in [1.165, 1.54) is 0 Å². The Morgan fingerprint density at radius 2 is 2.05 bits per heavy atom. The van der Waals surface area contributed by atoms with Crippen LogP contribution in [0.15, 0.2) is 6.07 Å². The van der Waals surface area contributed by atoms with Gasteiger partial charge >= 0.3 is 0 Å². The zero-order chi connectivity index (χ0) is 14.5. The summed E-state index contributed by atoms with van der Waals surface area (Å²) in [6.07, 6.45) is 0. The molecule has 1 aromatic heterocycles. The van der Waals surface area contributed by atoms with Gasteiger partial charge in [-0.2, -0.15) is 5.10 Å². The van der Waals surface area contributed by atoms with Crippen molar-refractivity contribution >= 4 is 11.8 Å². The molecule has 2 rings (SSSR count). The molecule has 0 spiro atoms. The molecule has 0 aliphatic carbocycles. The number of hydrogen-bond donors (Lipinski definition) is 2. The molecular weight excluding hydrogens is 258 g/mol. The quantitative estimate of drug-likeness (QED) is 0.744. The molecule has 2 heterocycles. The number of hydrogen-bond acceptors (Lipinski definition) is 4. The number of nitrogens with zero attached hydrogens (tertiary/aromatic N) is 3. The van der Waals surface area contributed by atoms with Crippen LogP contribution in [0.2, 0.25) is 0 Å². The van der Waals surface area contributed by atoms with Gasteiger partial charge in [0, 0.05) is 31.9 Å². The van der Waals surface area contributed by atoms with E-state index in [2.05, 4.69) is 15.7 Å². The van der Waals surface area contributed by atoms with E-state index in [1.54, 1.807) is 9.58 Å². The minimum atomic E-state index is -0.195. The molecule has 2 N–H and O–H groups in total. The molecule has 1 aliphatic heterocycles. The summed E-state index contributed by atoms with van der Waals surface area (Å²) < 4.78 is 1.64. The van der Waals surface area contributed by atoms with Gasteiger partial charge in [0.1, 0.15) is 6.54 Å². The van der Waals surface area contributed by atoms with E-state index in [0.717, 1.165) is 24.5 Å². The number of aromatic nitrogens is 2. The Morgan fingerprint density at radius 3 is 2.65 bits per heavy atom. The summed E-state index contributed by atoms with van der Waals surface area (Å²) in [5.74, 6) is -0.229. The summed E-state index contributed by atoms with van der Waals surface area (Å²) >= 11 is 0. The number of aryl methyl sites for hydroxylation is 2. The molecule has 1 aliphatic rings. The van der Waals surface area contributed by atoms with Crippen LogP contribution < -0.4 is 10.6 Å². The highest BCUT2D eigenvalue weighted by Crippen LogP contribution is 2.01. The van der Waals surface area contributed by atoms with Gasteiger partial charge in [0.05, 0.1) is 12.2 Å². The highest BCUT2D eigenvalue weighted by molar-refractivity contribution is 5.84. The van der Waals surface area contributed by atoms with Crippen molar-refractivity contribution in [2.24, 2.45) is 0 Å². The summed E-state index contributed by atoms with van der Waals surface area (Å²) in [6.45, 7) is 7.01. The zero-order valence-corrected chi connectivity index (χ0v) is 12.0.